The number of hydrogen-bond donors (Lipinski definition) is 0. The molecular weight excluding hydrogens is 681 g/mol. The van der Waals surface area contributed by atoms with E-state index in [0.29, 0.717) is 11.8 Å². The molecule has 0 N–H and O–H groups in total. The normalized spacial score (nSPS) is 25.3. The maximum absolute atomic E-state index is 2.59. The van der Waals surface area contributed by atoms with E-state index in [1.54, 1.807) is 64.1 Å². The van der Waals surface area contributed by atoms with Crippen molar-refractivity contribution >= 4 is 79.8 Å². The summed E-state index contributed by atoms with van der Waals surface area (Å²) in [5.41, 5.74) is 13.5. The molecule has 0 saturated heterocycles. The lowest BCUT2D eigenvalue weighted by Gasteiger charge is -2.11. The standard InChI is InChI=1S/C46H56S4/c1-5-9-13-29-23-39(43-35(29)19-21-47-43)41-25-31(15-11-7-3)37-27-33(49-45(37)41)17-18-34-28-38-32(16-12-8-4)26-42(46(38)50-34)40-24-30(14-10-6-2)36-20-22-48-44(36)40/h17-22,27-32H,5-16,23-26H2,1-4H3/b18-17+,41-39-,42-40-. The molecule has 0 bridgehead atoms. The maximum atomic E-state index is 2.59. The van der Waals surface area contributed by atoms with Gasteiger partial charge < -0.3 is 0 Å². The molecule has 4 unspecified atom stereocenters. The second kappa shape index (κ2) is 15.6. The van der Waals surface area contributed by atoms with Crippen molar-refractivity contribution in [2.75, 3.05) is 0 Å². The fraction of sp³-hybridized carbons (Fsp3) is 0.522. The highest BCUT2D eigenvalue weighted by Crippen LogP contribution is 2.58. The molecule has 4 atom stereocenters. The molecule has 8 rings (SSSR count). The highest BCUT2D eigenvalue weighted by Gasteiger charge is 2.37. The van der Waals surface area contributed by atoms with Gasteiger partial charge in [-0.05, 0) is 167 Å². The van der Waals surface area contributed by atoms with E-state index < -0.39 is 0 Å². The molecule has 4 heteroatoms. The van der Waals surface area contributed by atoms with Crippen LogP contribution >= 0.6 is 45.3 Å². The lowest BCUT2D eigenvalue weighted by molar-refractivity contribution is 0.605. The van der Waals surface area contributed by atoms with E-state index in [9.17, 15) is 0 Å². The number of hydrogen-bond acceptors (Lipinski definition) is 4. The zero-order chi connectivity index (χ0) is 34.2. The van der Waals surface area contributed by atoms with Crippen LogP contribution in [0, 0.1) is 0 Å². The van der Waals surface area contributed by atoms with Crippen LogP contribution in [0.3, 0.4) is 0 Å². The van der Waals surface area contributed by atoms with E-state index in [2.05, 4.69) is 97.5 Å². The van der Waals surface area contributed by atoms with E-state index in [1.807, 2.05) is 22.7 Å². The first-order chi connectivity index (χ1) is 24.6. The number of allylic oxidation sites excluding steroid dienone is 4. The Morgan fingerprint density at radius 1 is 0.480 bits per heavy atom. The van der Waals surface area contributed by atoms with Crippen molar-refractivity contribution in [1.29, 1.82) is 0 Å². The minimum absolute atomic E-state index is 0.692. The van der Waals surface area contributed by atoms with Gasteiger partial charge in [0.15, 0.2) is 0 Å². The highest BCUT2D eigenvalue weighted by molar-refractivity contribution is 7.15. The van der Waals surface area contributed by atoms with E-state index in [4.69, 9.17) is 0 Å². The van der Waals surface area contributed by atoms with Crippen molar-refractivity contribution in [3.8, 4) is 0 Å². The van der Waals surface area contributed by atoms with Crippen LogP contribution in [0.15, 0.2) is 35.0 Å². The Kier molecular flexibility index (Phi) is 10.9. The molecule has 4 aromatic rings. The van der Waals surface area contributed by atoms with Gasteiger partial charge in [0.05, 0.1) is 0 Å². The molecule has 4 aliphatic carbocycles. The summed E-state index contributed by atoms with van der Waals surface area (Å²) < 4.78 is 0. The first-order valence-electron chi connectivity index (χ1n) is 20.2. The van der Waals surface area contributed by atoms with Crippen LogP contribution in [0.1, 0.15) is 206 Å². The molecule has 0 aromatic carbocycles. The molecular formula is C46H56S4. The van der Waals surface area contributed by atoms with E-state index in [0.717, 1.165) is 11.8 Å². The van der Waals surface area contributed by atoms with Gasteiger partial charge in [-0.1, -0.05) is 79.1 Å². The average Bonchev–Trinajstić information content (AvgIpc) is 3.96. The minimum atomic E-state index is 0.692. The zero-order valence-electron chi connectivity index (χ0n) is 30.9. The Labute approximate surface area is 318 Å². The van der Waals surface area contributed by atoms with Crippen molar-refractivity contribution in [2.24, 2.45) is 0 Å². The lowest BCUT2D eigenvalue weighted by Crippen LogP contribution is -1.93. The first-order valence-corrected chi connectivity index (χ1v) is 23.6. The van der Waals surface area contributed by atoms with Gasteiger partial charge in [-0.3, -0.25) is 0 Å². The molecule has 0 radical (unpaired) electrons. The number of rotatable bonds is 14. The molecule has 4 aliphatic rings. The topological polar surface area (TPSA) is 0 Å². The maximum Gasteiger partial charge on any atom is 0.0347 e. The van der Waals surface area contributed by atoms with Crippen LogP contribution in [-0.4, -0.2) is 0 Å². The molecule has 264 valence electrons. The van der Waals surface area contributed by atoms with Crippen molar-refractivity contribution < 1.29 is 0 Å². The highest BCUT2D eigenvalue weighted by atomic mass is 32.1. The summed E-state index contributed by atoms with van der Waals surface area (Å²) in [5, 5.41) is 4.72. The number of unbranched alkanes of at least 4 members (excludes halogenated alkanes) is 4. The van der Waals surface area contributed by atoms with E-state index in [1.165, 1.54) is 112 Å². The second-order valence-electron chi connectivity index (χ2n) is 15.7. The third-order valence-corrected chi connectivity index (χ3v) is 16.7. The van der Waals surface area contributed by atoms with Gasteiger partial charge in [0, 0.05) is 29.3 Å². The monoisotopic (exact) mass is 736 g/mol. The van der Waals surface area contributed by atoms with Crippen molar-refractivity contribution in [3.63, 3.8) is 0 Å². The molecule has 0 nitrogen and oxygen atoms in total. The summed E-state index contributed by atoms with van der Waals surface area (Å²) in [6.45, 7) is 9.39. The minimum Gasteiger partial charge on any atom is -0.144 e. The Hall–Kier alpha value is -1.98. The lowest BCUT2D eigenvalue weighted by atomic mass is 9.94. The Balaban J connectivity index is 1.11. The van der Waals surface area contributed by atoms with Crippen LogP contribution in [0.4, 0.5) is 0 Å². The molecule has 0 saturated carbocycles. The van der Waals surface area contributed by atoms with Gasteiger partial charge in [0.1, 0.15) is 0 Å². The summed E-state index contributed by atoms with van der Waals surface area (Å²) in [6.07, 6.45) is 25.9. The molecule has 4 aromatic heterocycles. The number of fused-ring (bicyclic) bond motifs is 4. The molecule has 50 heavy (non-hydrogen) atoms. The van der Waals surface area contributed by atoms with Crippen molar-refractivity contribution in [2.45, 2.75) is 154 Å². The quantitative estimate of drug-likeness (QED) is 0.121. The zero-order valence-corrected chi connectivity index (χ0v) is 34.1. The summed E-state index contributed by atoms with van der Waals surface area (Å²) >= 11 is 8.20. The molecule has 4 heterocycles. The smallest absolute Gasteiger partial charge is 0.0347 e. The van der Waals surface area contributed by atoms with Crippen LogP contribution < -0.4 is 0 Å². The fourth-order valence-corrected chi connectivity index (χ4v) is 14.3. The SMILES string of the molecule is CCCCC1C/C(=C2\CC(CCCC)c3cc(/C=C/c4cc5c(s4)/C(=C4/CC(CCCC)c6ccsc64)CC5CCCC)sc32)c2sccc21. The molecule has 0 spiro atoms. The number of thiophene rings is 4. The molecule has 0 amide bonds. The Morgan fingerprint density at radius 3 is 1.18 bits per heavy atom. The van der Waals surface area contributed by atoms with E-state index >= 15 is 0 Å². The van der Waals surface area contributed by atoms with Crippen molar-refractivity contribution in [1.82, 2.24) is 0 Å². The van der Waals surface area contributed by atoms with Crippen molar-refractivity contribution in [3.05, 3.63) is 86.5 Å². The predicted molar refractivity (Wildman–Crippen MR) is 227 cm³/mol. The van der Waals surface area contributed by atoms with Crippen LogP contribution in [0.25, 0.3) is 34.4 Å². The average molecular weight is 737 g/mol. The largest absolute Gasteiger partial charge is 0.144 e. The summed E-state index contributed by atoms with van der Waals surface area (Å²) in [5.74, 6) is 2.85. The van der Waals surface area contributed by atoms with Gasteiger partial charge in [0.2, 0.25) is 0 Å². The van der Waals surface area contributed by atoms with Crippen LogP contribution in [0.2, 0.25) is 0 Å². The third-order valence-electron chi connectivity index (χ3n) is 12.4. The van der Waals surface area contributed by atoms with Crippen LogP contribution in [-0.2, 0) is 0 Å². The second-order valence-corrected chi connectivity index (χ2v) is 19.7. The molecule has 0 aliphatic heterocycles. The van der Waals surface area contributed by atoms with Gasteiger partial charge in [-0.15, -0.1) is 45.3 Å². The summed E-state index contributed by atoms with van der Waals surface area (Å²) in [6, 6.07) is 10.1. The van der Waals surface area contributed by atoms with Gasteiger partial charge >= 0.3 is 0 Å². The Bertz CT molecular complexity index is 1760. The third kappa shape index (κ3) is 6.58. The van der Waals surface area contributed by atoms with Gasteiger partial charge in [-0.25, -0.2) is 0 Å². The molecule has 0 fully saturated rings. The van der Waals surface area contributed by atoms with Gasteiger partial charge in [-0.2, -0.15) is 0 Å². The predicted octanol–water partition coefficient (Wildman–Crippen LogP) is 16.6. The van der Waals surface area contributed by atoms with Crippen LogP contribution in [0.5, 0.6) is 0 Å². The summed E-state index contributed by atoms with van der Waals surface area (Å²) in [4.78, 5) is 9.41. The summed E-state index contributed by atoms with van der Waals surface area (Å²) in [7, 11) is 0. The fourth-order valence-electron chi connectivity index (χ4n) is 9.70. The van der Waals surface area contributed by atoms with Gasteiger partial charge in [0.25, 0.3) is 0 Å². The first kappa shape index (κ1) is 35.1. The van der Waals surface area contributed by atoms with E-state index in [-0.39, 0.29) is 0 Å². The Morgan fingerprint density at radius 2 is 0.820 bits per heavy atom.